The Morgan fingerprint density at radius 1 is 1.14 bits per heavy atom. The molecule has 6 atom stereocenters. The molecule has 3 aliphatic rings. The summed E-state index contributed by atoms with van der Waals surface area (Å²) in [5, 5.41) is 17.9. The van der Waals surface area contributed by atoms with Gasteiger partial charge in [0.05, 0.1) is 17.9 Å². The Morgan fingerprint density at radius 3 is 2.19 bits per heavy atom. The Labute approximate surface area is 125 Å². The summed E-state index contributed by atoms with van der Waals surface area (Å²) in [5.74, 6) is 0.0650. The topological polar surface area (TPSA) is 83.8 Å². The number of carbonyl (C=O) groups is 2. The predicted octanol–water partition coefficient (Wildman–Crippen LogP) is 2.22. The summed E-state index contributed by atoms with van der Waals surface area (Å²) in [4.78, 5) is 21.6. The van der Waals surface area contributed by atoms with Crippen LogP contribution in [0.2, 0.25) is 0 Å². The highest BCUT2D eigenvalue weighted by molar-refractivity contribution is 5.76. The minimum Gasteiger partial charge on any atom is -0.481 e. The fourth-order valence-corrected chi connectivity index (χ4v) is 4.01. The summed E-state index contributed by atoms with van der Waals surface area (Å²) in [6, 6.07) is 0. The zero-order valence-electron chi connectivity index (χ0n) is 12.8. The highest BCUT2D eigenvalue weighted by atomic mass is 16.6. The molecule has 0 aromatic carbocycles. The van der Waals surface area contributed by atoms with Crippen molar-refractivity contribution in [2.75, 3.05) is 0 Å². The average Bonchev–Trinajstić information content (AvgIpc) is 3.11. The first-order valence-corrected chi connectivity index (χ1v) is 8.07. The van der Waals surface area contributed by atoms with E-state index in [9.17, 15) is 14.7 Å². The molecule has 5 heteroatoms. The molecule has 5 nitrogen and oxygen atoms in total. The van der Waals surface area contributed by atoms with Gasteiger partial charge in [-0.15, -0.1) is 0 Å². The number of hydrogen-bond donors (Lipinski definition) is 2. The van der Waals surface area contributed by atoms with E-state index in [0.29, 0.717) is 18.8 Å². The van der Waals surface area contributed by atoms with Gasteiger partial charge in [0.1, 0.15) is 6.10 Å². The van der Waals surface area contributed by atoms with E-state index in [1.54, 1.807) is 0 Å². The molecule has 2 aliphatic carbocycles. The van der Waals surface area contributed by atoms with E-state index < -0.39 is 5.97 Å². The Morgan fingerprint density at radius 2 is 1.81 bits per heavy atom. The minimum atomic E-state index is -0.756. The SMILES string of the molecule is CCC1CC(O)CC1C(=O)O.CCC1CC2CC1C(=O)O2. The first-order valence-electron chi connectivity index (χ1n) is 8.07. The number of fused-ring (bicyclic) bond motifs is 2. The van der Waals surface area contributed by atoms with Crippen molar-refractivity contribution in [2.24, 2.45) is 23.7 Å². The Hall–Kier alpha value is -1.10. The molecule has 0 spiro atoms. The van der Waals surface area contributed by atoms with Gasteiger partial charge >= 0.3 is 11.9 Å². The fourth-order valence-electron chi connectivity index (χ4n) is 4.01. The third-order valence-corrected chi connectivity index (χ3v) is 5.27. The number of esters is 1. The molecular formula is C16H26O5. The van der Waals surface area contributed by atoms with Crippen LogP contribution in [0.4, 0.5) is 0 Å². The van der Waals surface area contributed by atoms with Gasteiger partial charge in [-0.3, -0.25) is 9.59 Å². The van der Waals surface area contributed by atoms with Crippen molar-refractivity contribution < 1.29 is 24.5 Å². The third kappa shape index (κ3) is 3.57. The molecule has 3 rings (SSSR count). The molecule has 1 saturated heterocycles. The van der Waals surface area contributed by atoms with Crippen LogP contribution in [0.5, 0.6) is 0 Å². The maximum Gasteiger partial charge on any atom is 0.309 e. The van der Waals surface area contributed by atoms with Crippen molar-refractivity contribution in [3.8, 4) is 0 Å². The largest absolute Gasteiger partial charge is 0.481 e. The number of aliphatic hydroxyl groups is 1. The van der Waals surface area contributed by atoms with E-state index in [-0.39, 0.29) is 35.9 Å². The fraction of sp³-hybridized carbons (Fsp3) is 0.875. The van der Waals surface area contributed by atoms with Crippen molar-refractivity contribution in [1.82, 2.24) is 0 Å². The van der Waals surface area contributed by atoms with Gasteiger partial charge in [0.2, 0.25) is 0 Å². The summed E-state index contributed by atoms with van der Waals surface area (Å²) >= 11 is 0. The summed E-state index contributed by atoms with van der Waals surface area (Å²) in [5.41, 5.74) is 0. The second-order valence-corrected chi connectivity index (χ2v) is 6.54. The quantitative estimate of drug-likeness (QED) is 0.780. The van der Waals surface area contributed by atoms with Crippen molar-refractivity contribution in [3.05, 3.63) is 0 Å². The molecule has 2 saturated carbocycles. The first kappa shape index (κ1) is 16.3. The van der Waals surface area contributed by atoms with Gasteiger partial charge in [-0.1, -0.05) is 26.7 Å². The standard InChI is InChI=1S/C8H14O3.C8H12O2/c1-2-5-3-6(9)4-7(5)8(10)11;1-2-5-3-6-4-7(5)8(9)10-6/h5-7,9H,2-4H2,1H3,(H,10,11);5-7H,2-4H2,1H3. The van der Waals surface area contributed by atoms with Gasteiger partial charge in [0, 0.05) is 0 Å². The molecule has 0 aromatic heterocycles. The number of carbonyl (C=O) groups excluding carboxylic acids is 1. The van der Waals surface area contributed by atoms with Crippen molar-refractivity contribution in [2.45, 2.75) is 64.6 Å². The lowest BCUT2D eigenvalue weighted by Crippen LogP contribution is -2.22. The van der Waals surface area contributed by atoms with E-state index in [1.807, 2.05) is 6.92 Å². The molecule has 2 bridgehead atoms. The van der Waals surface area contributed by atoms with E-state index in [1.165, 1.54) is 0 Å². The smallest absolute Gasteiger partial charge is 0.309 e. The number of rotatable bonds is 3. The van der Waals surface area contributed by atoms with Crippen LogP contribution in [-0.2, 0) is 14.3 Å². The van der Waals surface area contributed by atoms with Crippen LogP contribution in [0.3, 0.4) is 0 Å². The first-order chi connectivity index (χ1) is 9.96. The molecule has 2 N–H and O–H groups in total. The maximum atomic E-state index is 11.0. The number of ether oxygens (including phenoxy) is 1. The number of hydrogen-bond acceptors (Lipinski definition) is 4. The molecule has 1 aliphatic heterocycles. The van der Waals surface area contributed by atoms with Crippen LogP contribution in [0, 0.1) is 23.7 Å². The van der Waals surface area contributed by atoms with Crippen molar-refractivity contribution >= 4 is 11.9 Å². The van der Waals surface area contributed by atoms with E-state index in [0.717, 1.165) is 25.7 Å². The van der Waals surface area contributed by atoms with Crippen LogP contribution in [-0.4, -0.2) is 34.4 Å². The molecule has 120 valence electrons. The molecule has 0 aromatic rings. The predicted molar refractivity (Wildman–Crippen MR) is 76.5 cm³/mol. The van der Waals surface area contributed by atoms with Gasteiger partial charge in [-0.2, -0.15) is 0 Å². The van der Waals surface area contributed by atoms with E-state index in [4.69, 9.17) is 9.84 Å². The average molecular weight is 298 g/mol. The van der Waals surface area contributed by atoms with Crippen LogP contribution >= 0.6 is 0 Å². The highest BCUT2D eigenvalue weighted by Crippen LogP contribution is 2.42. The van der Waals surface area contributed by atoms with Gasteiger partial charge in [-0.25, -0.2) is 0 Å². The Balaban J connectivity index is 0.000000154. The van der Waals surface area contributed by atoms with Crippen molar-refractivity contribution in [1.29, 1.82) is 0 Å². The van der Waals surface area contributed by atoms with Gasteiger partial charge < -0.3 is 14.9 Å². The monoisotopic (exact) mass is 298 g/mol. The summed E-state index contributed by atoms with van der Waals surface area (Å²) in [6.07, 6.45) is 5.10. The van der Waals surface area contributed by atoms with E-state index >= 15 is 0 Å². The normalized spacial score (nSPS) is 40.6. The molecule has 0 amide bonds. The molecule has 0 radical (unpaired) electrons. The maximum absolute atomic E-state index is 11.0. The number of carboxylic acid groups (broad SMARTS) is 1. The molecule has 3 fully saturated rings. The number of aliphatic hydroxyl groups excluding tert-OH is 1. The van der Waals surface area contributed by atoms with Crippen LogP contribution in [0.25, 0.3) is 0 Å². The van der Waals surface area contributed by atoms with Crippen molar-refractivity contribution in [3.63, 3.8) is 0 Å². The van der Waals surface area contributed by atoms with Crippen LogP contribution in [0.1, 0.15) is 52.4 Å². The zero-order valence-corrected chi connectivity index (χ0v) is 12.8. The lowest BCUT2D eigenvalue weighted by atomic mass is 9.94. The summed E-state index contributed by atoms with van der Waals surface area (Å²) < 4.78 is 5.05. The Kier molecular flexibility index (Phi) is 5.25. The molecular weight excluding hydrogens is 272 g/mol. The summed E-state index contributed by atoms with van der Waals surface area (Å²) in [7, 11) is 0. The highest BCUT2D eigenvalue weighted by Gasteiger charge is 2.46. The third-order valence-electron chi connectivity index (χ3n) is 5.27. The van der Waals surface area contributed by atoms with Crippen LogP contribution in [0.15, 0.2) is 0 Å². The van der Waals surface area contributed by atoms with E-state index in [2.05, 4.69) is 6.92 Å². The second-order valence-electron chi connectivity index (χ2n) is 6.54. The van der Waals surface area contributed by atoms with Gasteiger partial charge in [0.15, 0.2) is 0 Å². The molecule has 21 heavy (non-hydrogen) atoms. The van der Waals surface area contributed by atoms with Gasteiger partial charge in [0.25, 0.3) is 0 Å². The lowest BCUT2D eigenvalue weighted by Gasteiger charge is -2.18. The summed E-state index contributed by atoms with van der Waals surface area (Å²) in [6.45, 7) is 4.12. The second kappa shape index (κ2) is 6.77. The van der Waals surface area contributed by atoms with Crippen LogP contribution < -0.4 is 0 Å². The number of carboxylic acids is 1. The lowest BCUT2D eigenvalue weighted by molar-refractivity contribution is -0.150. The number of aliphatic carboxylic acids is 1. The Bertz CT molecular complexity index is 394. The minimum absolute atomic E-state index is 0.0584. The van der Waals surface area contributed by atoms with Gasteiger partial charge in [-0.05, 0) is 37.5 Å². The molecule has 6 unspecified atom stereocenters. The molecule has 1 heterocycles. The zero-order chi connectivity index (χ0) is 15.6.